The van der Waals surface area contributed by atoms with Crippen LogP contribution < -0.4 is 5.73 Å². The molecule has 1 unspecified atom stereocenters. The van der Waals surface area contributed by atoms with Crippen LogP contribution in [0.4, 0.5) is 0 Å². The average Bonchev–Trinajstić information content (AvgIpc) is 2.30. The molecular formula is C12H18N2O2. The minimum Gasteiger partial charge on any atom is -0.508 e. The molecule has 1 aromatic rings. The molecule has 0 saturated heterocycles. The highest BCUT2D eigenvalue weighted by molar-refractivity contribution is 5.79. The van der Waals surface area contributed by atoms with Crippen molar-refractivity contribution >= 4 is 5.91 Å². The lowest BCUT2D eigenvalue weighted by atomic mass is 10.1. The van der Waals surface area contributed by atoms with E-state index in [1.54, 1.807) is 36.2 Å². The molecule has 0 radical (unpaired) electrons. The Morgan fingerprint density at radius 2 is 2.12 bits per heavy atom. The van der Waals surface area contributed by atoms with Crippen molar-refractivity contribution in [1.29, 1.82) is 0 Å². The van der Waals surface area contributed by atoms with Crippen LogP contribution >= 0.6 is 0 Å². The Kier molecular flexibility index (Phi) is 4.31. The van der Waals surface area contributed by atoms with E-state index in [9.17, 15) is 9.90 Å². The molecule has 4 nitrogen and oxygen atoms in total. The largest absolute Gasteiger partial charge is 0.508 e. The molecule has 88 valence electrons. The molecule has 0 heterocycles. The second-order valence-electron chi connectivity index (χ2n) is 3.89. The number of carbonyl (C=O) groups excluding carboxylic acids is 1. The van der Waals surface area contributed by atoms with E-state index < -0.39 is 0 Å². The van der Waals surface area contributed by atoms with E-state index >= 15 is 0 Å². The number of phenolic OH excluding ortho intramolecular Hbond substituents is 1. The van der Waals surface area contributed by atoms with Gasteiger partial charge in [-0.3, -0.25) is 4.79 Å². The van der Waals surface area contributed by atoms with E-state index in [0.29, 0.717) is 12.1 Å². The maximum Gasteiger partial charge on any atom is 0.227 e. The third-order valence-electron chi connectivity index (χ3n) is 2.73. The zero-order valence-corrected chi connectivity index (χ0v) is 9.68. The summed E-state index contributed by atoms with van der Waals surface area (Å²) < 4.78 is 0. The summed E-state index contributed by atoms with van der Waals surface area (Å²) in [5.74, 6) is 0.115. The molecule has 0 aliphatic carbocycles. The Morgan fingerprint density at radius 1 is 1.50 bits per heavy atom. The van der Waals surface area contributed by atoms with Crippen molar-refractivity contribution in [2.24, 2.45) is 5.73 Å². The average molecular weight is 222 g/mol. The smallest absolute Gasteiger partial charge is 0.227 e. The summed E-state index contributed by atoms with van der Waals surface area (Å²) >= 11 is 0. The van der Waals surface area contributed by atoms with Gasteiger partial charge in [-0.25, -0.2) is 0 Å². The number of hydrogen-bond acceptors (Lipinski definition) is 3. The summed E-state index contributed by atoms with van der Waals surface area (Å²) in [4.78, 5) is 13.4. The van der Waals surface area contributed by atoms with Gasteiger partial charge in [-0.05, 0) is 13.0 Å². The van der Waals surface area contributed by atoms with E-state index in [4.69, 9.17) is 5.73 Å². The number of rotatable bonds is 4. The van der Waals surface area contributed by atoms with Crippen LogP contribution in [0.1, 0.15) is 12.5 Å². The number of aromatic hydroxyl groups is 1. The van der Waals surface area contributed by atoms with Crippen molar-refractivity contribution in [2.45, 2.75) is 19.4 Å². The van der Waals surface area contributed by atoms with Crippen molar-refractivity contribution in [3.63, 3.8) is 0 Å². The van der Waals surface area contributed by atoms with Crippen LogP contribution in [0.25, 0.3) is 0 Å². The highest BCUT2D eigenvalue weighted by Gasteiger charge is 2.15. The van der Waals surface area contributed by atoms with Crippen LogP contribution in [-0.2, 0) is 11.2 Å². The van der Waals surface area contributed by atoms with Gasteiger partial charge in [0.1, 0.15) is 5.75 Å². The third-order valence-corrected chi connectivity index (χ3v) is 2.73. The van der Waals surface area contributed by atoms with Gasteiger partial charge in [0, 0.05) is 25.2 Å². The SMILES string of the molecule is CC(CN)N(C)C(=O)Cc1ccccc1O. The van der Waals surface area contributed by atoms with Gasteiger partial charge in [-0.1, -0.05) is 18.2 Å². The first kappa shape index (κ1) is 12.5. The van der Waals surface area contributed by atoms with Crippen LogP contribution in [-0.4, -0.2) is 35.5 Å². The van der Waals surface area contributed by atoms with Crippen molar-refractivity contribution in [1.82, 2.24) is 4.90 Å². The standard InChI is InChI=1S/C12H18N2O2/c1-9(8-13)14(2)12(16)7-10-5-3-4-6-11(10)15/h3-6,9,15H,7-8,13H2,1-2H3. The molecule has 0 bridgehead atoms. The number of para-hydroxylation sites is 1. The van der Waals surface area contributed by atoms with Gasteiger partial charge in [0.25, 0.3) is 0 Å². The zero-order valence-electron chi connectivity index (χ0n) is 9.68. The summed E-state index contributed by atoms with van der Waals surface area (Å²) in [6.07, 6.45) is 0.202. The topological polar surface area (TPSA) is 66.6 Å². The maximum absolute atomic E-state index is 11.8. The molecule has 1 rings (SSSR count). The molecule has 0 fully saturated rings. The third kappa shape index (κ3) is 2.97. The predicted molar refractivity (Wildman–Crippen MR) is 63.1 cm³/mol. The highest BCUT2D eigenvalue weighted by atomic mass is 16.3. The van der Waals surface area contributed by atoms with E-state index in [1.165, 1.54) is 0 Å². The zero-order chi connectivity index (χ0) is 12.1. The van der Waals surface area contributed by atoms with Gasteiger partial charge in [-0.15, -0.1) is 0 Å². The van der Waals surface area contributed by atoms with Crippen LogP contribution in [0.3, 0.4) is 0 Å². The minimum absolute atomic E-state index is 0.0124. The predicted octanol–water partition coefficient (Wildman–Crippen LogP) is 0.740. The first-order valence-electron chi connectivity index (χ1n) is 5.29. The number of carbonyl (C=O) groups is 1. The Labute approximate surface area is 95.7 Å². The Bertz CT molecular complexity index is 366. The number of amides is 1. The number of benzene rings is 1. The first-order chi connectivity index (χ1) is 7.56. The van der Waals surface area contributed by atoms with E-state index in [1.807, 2.05) is 6.92 Å². The quantitative estimate of drug-likeness (QED) is 0.789. The number of nitrogens with zero attached hydrogens (tertiary/aromatic N) is 1. The molecule has 0 saturated carbocycles. The summed E-state index contributed by atoms with van der Waals surface area (Å²) in [6.45, 7) is 2.33. The van der Waals surface area contributed by atoms with Gasteiger partial charge < -0.3 is 15.7 Å². The molecule has 1 atom stereocenters. The fourth-order valence-corrected chi connectivity index (χ4v) is 1.35. The molecule has 0 spiro atoms. The summed E-state index contributed by atoms with van der Waals surface area (Å²) in [5.41, 5.74) is 6.13. The molecule has 16 heavy (non-hydrogen) atoms. The first-order valence-corrected chi connectivity index (χ1v) is 5.29. The Hall–Kier alpha value is -1.55. The summed E-state index contributed by atoms with van der Waals surface area (Å²) in [5, 5.41) is 9.54. The minimum atomic E-state index is -0.0422. The molecule has 4 heteroatoms. The van der Waals surface area contributed by atoms with Gasteiger partial charge in [0.05, 0.1) is 6.42 Å². The van der Waals surface area contributed by atoms with Crippen LogP contribution in [0.5, 0.6) is 5.75 Å². The van der Waals surface area contributed by atoms with Crippen molar-refractivity contribution in [3.05, 3.63) is 29.8 Å². The van der Waals surface area contributed by atoms with Gasteiger partial charge in [0.2, 0.25) is 5.91 Å². The molecular weight excluding hydrogens is 204 g/mol. The molecule has 1 aromatic carbocycles. The molecule has 0 aliphatic heterocycles. The normalized spacial score (nSPS) is 12.2. The van der Waals surface area contributed by atoms with Gasteiger partial charge >= 0.3 is 0 Å². The lowest BCUT2D eigenvalue weighted by molar-refractivity contribution is -0.130. The lowest BCUT2D eigenvalue weighted by Gasteiger charge is -2.23. The monoisotopic (exact) mass is 222 g/mol. The van der Waals surface area contributed by atoms with Crippen molar-refractivity contribution in [2.75, 3.05) is 13.6 Å². The summed E-state index contributed by atoms with van der Waals surface area (Å²) in [7, 11) is 1.72. The maximum atomic E-state index is 11.8. The van der Waals surface area contributed by atoms with Crippen LogP contribution in [0, 0.1) is 0 Å². The van der Waals surface area contributed by atoms with Crippen LogP contribution in [0.2, 0.25) is 0 Å². The van der Waals surface area contributed by atoms with Crippen molar-refractivity contribution < 1.29 is 9.90 Å². The molecule has 3 N–H and O–H groups in total. The van der Waals surface area contributed by atoms with Crippen LogP contribution in [0.15, 0.2) is 24.3 Å². The Balaban J connectivity index is 2.68. The molecule has 0 aromatic heterocycles. The molecule has 0 aliphatic rings. The van der Waals surface area contributed by atoms with Gasteiger partial charge in [-0.2, -0.15) is 0 Å². The number of nitrogens with two attached hydrogens (primary N) is 1. The van der Waals surface area contributed by atoms with E-state index in [-0.39, 0.29) is 24.1 Å². The Morgan fingerprint density at radius 3 is 2.69 bits per heavy atom. The van der Waals surface area contributed by atoms with Crippen molar-refractivity contribution in [3.8, 4) is 5.75 Å². The second kappa shape index (κ2) is 5.51. The number of phenols is 1. The summed E-state index contributed by atoms with van der Waals surface area (Å²) in [6, 6.07) is 6.87. The van der Waals surface area contributed by atoms with E-state index in [0.717, 1.165) is 0 Å². The fourth-order valence-electron chi connectivity index (χ4n) is 1.35. The van der Waals surface area contributed by atoms with Gasteiger partial charge in [0.15, 0.2) is 0 Å². The molecule has 1 amide bonds. The fraction of sp³-hybridized carbons (Fsp3) is 0.417. The second-order valence-corrected chi connectivity index (χ2v) is 3.89. The highest BCUT2D eigenvalue weighted by Crippen LogP contribution is 2.16. The number of likely N-dealkylation sites (N-methyl/N-ethyl adjacent to an activating group) is 1. The van der Waals surface area contributed by atoms with E-state index in [2.05, 4.69) is 0 Å². The lowest BCUT2D eigenvalue weighted by Crippen LogP contribution is -2.40. The number of hydrogen-bond donors (Lipinski definition) is 2.